The first-order valence-electron chi connectivity index (χ1n) is 8.97. The zero-order chi connectivity index (χ0) is 21.1. The van der Waals surface area contributed by atoms with Gasteiger partial charge in [-0.2, -0.15) is 5.10 Å². The number of nitro benzene ring substituents is 1. The summed E-state index contributed by atoms with van der Waals surface area (Å²) in [6, 6.07) is 21.2. The smallest absolute Gasteiger partial charge is 0.288 e. The molecule has 4 aromatic rings. The Kier molecular flexibility index (Phi) is 5.40. The lowest BCUT2D eigenvalue weighted by atomic mass is 10.0. The third kappa shape index (κ3) is 3.99. The second kappa shape index (κ2) is 8.30. The van der Waals surface area contributed by atoms with Gasteiger partial charge in [-0.15, -0.1) is 0 Å². The molecule has 1 amide bonds. The van der Waals surface area contributed by atoms with Crippen molar-refractivity contribution in [2.45, 2.75) is 0 Å². The minimum absolute atomic E-state index is 0.0432. The molecule has 0 saturated heterocycles. The topological polar surface area (TPSA) is 100 Å². The molecular formula is C22H15BrN4O3. The lowest BCUT2D eigenvalue weighted by Gasteiger charge is -2.04. The molecule has 30 heavy (non-hydrogen) atoms. The molecule has 0 atom stereocenters. The van der Waals surface area contributed by atoms with Crippen molar-refractivity contribution >= 4 is 44.6 Å². The Morgan fingerprint density at radius 3 is 2.60 bits per heavy atom. The van der Waals surface area contributed by atoms with Gasteiger partial charge in [0.25, 0.3) is 11.6 Å². The third-order valence-electron chi connectivity index (χ3n) is 4.51. The highest BCUT2D eigenvalue weighted by molar-refractivity contribution is 9.10. The van der Waals surface area contributed by atoms with Crippen molar-refractivity contribution in [1.82, 2.24) is 10.4 Å². The first-order valence-corrected chi connectivity index (χ1v) is 9.77. The molecule has 2 N–H and O–H groups in total. The highest BCUT2D eigenvalue weighted by Gasteiger charge is 2.21. The maximum Gasteiger partial charge on any atom is 0.288 e. The average molecular weight is 463 g/mol. The van der Waals surface area contributed by atoms with E-state index in [0.717, 1.165) is 15.6 Å². The summed E-state index contributed by atoms with van der Waals surface area (Å²) < 4.78 is 0.904. The number of nitrogens with one attached hydrogen (secondary N) is 2. The number of amides is 1. The van der Waals surface area contributed by atoms with Gasteiger partial charge in [-0.3, -0.25) is 14.9 Å². The molecule has 0 bridgehead atoms. The summed E-state index contributed by atoms with van der Waals surface area (Å²) in [4.78, 5) is 26.7. The van der Waals surface area contributed by atoms with Crippen LogP contribution in [0, 0.1) is 10.1 Å². The van der Waals surface area contributed by atoms with Gasteiger partial charge in [0, 0.05) is 33.1 Å². The molecule has 4 rings (SSSR count). The number of aromatic nitrogens is 1. The lowest BCUT2D eigenvalue weighted by molar-refractivity contribution is -0.384. The number of non-ortho nitro benzene ring substituents is 1. The number of hydrazone groups is 1. The van der Waals surface area contributed by atoms with Crippen LogP contribution < -0.4 is 5.43 Å². The molecule has 8 heteroatoms. The van der Waals surface area contributed by atoms with E-state index >= 15 is 0 Å². The fourth-order valence-corrected chi connectivity index (χ4v) is 3.59. The van der Waals surface area contributed by atoms with Crippen LogP contribution in [0.5, 0.6) is 0 Å². The molecule has 0 radical (unpaired) electrons. The van der Waals surface area contributed by atoms with Crippen molar-refractivity contribution in [2.75, 3.05) is 0 Å². The Hall–Kier alpha value is -3.78. The van der Waals surface area contributed by atoms with Gasteiger partial charge in [0.05, 0.1) is 11.1 Å². The van der Waals surface area contributed by atoms with E-state index in [1.165, 1.54) is 12.1 Å². The van der Waals surface area contributed by atoms with Crippen molar-refractivity contribution in [1.29, 1.82) is 0 Å². The molecule has 0 saturated carbocycles. The SMILES string of the molecule is O=C(N/N=C/c1cccc(Br)c1)c1[nH]c2ccc([N+](=O)[O-])cc2c1-c1ccccc1. The summed E-state index contributed by atoms with van der Waals surface area (Å²) >= 11 is 3.39. The molecule has 0 spiro atoms. The number of H-pyrrole nitrogens is 1. The van der Waals surface area contributed by atoms with Crippen LogP contribution >= 0.6 is 15.9 Å². The molecule has 1 aromatic heterocycles. The lowest BCUT2D eigenvalue weighted by Crippen LogP contribution is -2.18. The minimum Gasteiger partial charge on any atom is -0.350 e. The van der Waals surface area contributed by atoms with E-state index in [1.54, 1.807) is 12.3 Å². The average Bonchev–Trinajstić information content (AvgIpc) is 3.13. The van der Waals surface area contributed by atoms with Crippen LogP contribution in [0.4, 0.5) is 5.69 Å². The van der Waals surface area contributed by atoms with Gasteiger partial charge < -0.3 is 4.98 Å². The Bertz CT molecular complexity index is 1280. The molecule has 148 valence electrons. The third-order valence-corrected chi connectivity index (χ3v) is 5.00. The van der Waals surface area contributed by atoms with Crippen molar-refractivity contribution in [3.63, 3.8) is 0 Å². The van der Waals surface area contributed by atoms with E-state index in [-0.39, 0.29) is 11.4 Å². The molecule has 0 unspecified atom stereocenters. The summed E-state index contributed by atoms with van der Waals surface area (Å²) in [5.74, 6) is -0.445. The largest absolute Gasteiger partial charge is 0.350 e. The monoisotopic (exact) mass is 462 g/mol. The maximum absolute atomic E-state index is 12.9. The number of benzene rings is 3. The molecule has 0 aliphatic carbocycles. The Labute approximate surface area is 179 Å². The van der Waals surface area contributed by atoms with E-state index in [1.807, 2.05) is 54.6 Å². The number of hydrogen-bond donors (Lipinski definition) is 2. The van der Waals surface area contributed by atoms with Crippen LogP contribution in [0.2, 0.25) is 0 Å². The number of carbonyl (C=O) groups excluding carboxylic acids is 1. The Morgan fingerprint density at radius 1 is 1.07 bits per heavy atom. The number of hydrogen-bond acceptors (Lipinski definition) is 4. The second-order valence-corrected chi connectivity index (χ2v) is 7.40. The van der Waals surface area contributed by atoms with Gasteiger partial charge in [-0.25, -0.2) is 5.43 Å². The predicted molar refractivity (Wildman–Crippen MR) is 120 cm³/mol. The van der Waals surface area contributed by atoms with E-state index in [4.69, 9.17) is 0 Å². The Balaban J connectivity index is 1.74. The van der Waals surface area contributed by atoms with Crippen LogP contribution in [0.25, 0.3) is 22.0 Å². The first kappa shape index (κ1) is 19.5. The van der Waals surface area contributed by atoms with Crippen molar-refractivity contribution in [3.05, 3.63) is 98.6 Å². The maximum atomic E-state index is 12.9. The summed E-state index contributed by atoms with van der Waals surface area (Å²) in [6.45, 7) is 0. The fourth-order valence-electron chi connectivity index (χ4n) is 3.18. The number of nitrogens with zero attached hydrogens (tertiary/aromatic N) is 2. The van der Waals surface area contributed by atoms with E-state index in [9.17, 15) is 14.9 Å². The van der Waals surface area contributed by atoms with Crippen molar-refractivity contribution in [2.24, 2.45) is 5.10 Å². The van der Waals surface area contributed by atoms with Gasteiger partial charge in [0.2, 0.25) is 0 Å². The van der Waals surface area contributed by atoms with Crippen molar-refractivity contribution in [3.8, 4) is 11.1 Å². The van der Waals surface area contributed by atoms with Gasteiger partial charge in [-0.1, -0.05) is 58.4 Å². The highest BCUT2D eigenvalue weighted by atomic mass is 79.9. The quantitative estimate of drug-likeness (QED) is 0.240. The van der Waals surface area contributed by atoms with Gasteiger partial charge in [-0.05, 0) is 29.3 Å². The fraction of sp³-hybridized carbons (Fsp3) is 0. The normalized spacial score (nSPS) is 11.1. The number of fused-ring (bicyclic) bond motifs is 1. The van der Waals surface area contributed by atoms with Crippen LogP contribution in [-0.2, 0) is 0 Å². The predicted octanol–water partition coefficient (Wildman–Crippen LogP) is 5.27. The minimum atomic E-state index is -0.455. The highest BCUT2D eigenvalue weighted by Crippen LogP contribution is 2.34. The molecule has 0 fully saturated rings. The standard InChI is InChI=1S/C22H15BrN4O3/c23-16-8-4-5-14(11-16)13-24-26-22(28)21-20(15-6-2-1-3-7-15)18-12-17(27(29)30)9-10-19(18)25-21/h1-13,25H,(H,26,28)/b24-13+. The van der Waals surface area contributed by atoms with E-state index < -0.39 is 10.8 Å². The van der Waals surface area contributed by atoms with Crippen LogP contribution in [-0.4, -0.2) is 22.0 Å². The molecule has 7 nitrogen and oxygen atoms in total. The Morgan fingerprint density at radius 2 is 1.87 bits per heavy atom. The van der Waals surface area contributed by atoms with Crippen LogP contribution in [0.15, 0.2) is 82.4 Å². The van der Waals surface area contributed by atoms with E-state index in [0.29, 0.717) is 16.5 Å². The summed E-state index contributed by atoms with van der Waals surface area (Å²) in [7, 11) is 0. The van der Waals surface area contributed by atoms with E-state index in [2.05, 4.69) is 31.4 Å². The number of nitro groups is 1. The number of aromatic amines is 1. The number of rotatable bonds is 5. The van der Waals surface area contributed by atoms with Gasteiger partial charge in [0.15, 0.2) is 0 Å². The molecule has 1 heterocycles. The molecule has 3 aromatic carbocycles. The van der Waals surface area contributed by atoms with Gasteiger partial charge in [0.1, 0.15) is 5.69 Å². The van der Waals surface area contributed by atoms with Crippen molar-refractivity contribution < 1.29 is 9.72 Å². The number of halogens is 1. The summed E-state index contributed by atoms with van der Waals surface area (Å²) in [6.07, 6.45) is 1.54. The summed E-state index contributed by atoms with van der Waals surface area (Å²) in [5, 5.41) is 15.9. The molecule has 0 aliphatic rings. The van der Waals surface area contributed by atoms with Crippen LogP contribution in [0.1, 0.15) is 16.1 Å². The molecular weight excluding hydrogens is 448 g/mol. The zero-order valence-electron chi connectivity index (χ0n) is 15.5. The summed E-state index contributed by atoms with van der Waals surface area (Å²) in [5.41, 5.74) is 5.56. The first-order chi connectivity index (χ1) is 14.5. The number of carbonyl (C=O) groups is 1. The second-order valence-electron chi connectivity index (χ2n) is 6.48. The van der Waals surface area contributed by atoms with Crippen LogP contribution in [0.3, 0.4) is 0 Å². The van der Waals surface area contributed by atoms with Gasteiger partial charge >= 0.3 is 0 Å². The molecule has 0 aliphatic heterocycles. The zero-order valence-corrected chi connectivity index (χ0v) is 17.1.